The van der Waals surface area contributed by atoms with Gasteiger partial charge in [0.05, 0.1) is 12.8 Å². The van der Waals surface area contributed by atoms with Crippen LogP contribution in [0.5, 0.6) is 5.75 Å². The summed E-state index contributed by atoms with van der Waals surface area (Å²) in [5, 5.41) is 2.86. The largest absolute Gasteiger partial charge is 0.494 e. The molecule has 0 unspecified atom stereocenters. The number of carbonyl (C=O) groups is 2. The first-order valence-electron chi connectivity index (χ1n) is 7.95. The Morgan fingerprint density at radius 1 is 1.17 bits per heavy atom. The SMILES string of the molecule is COc1cc(NC(=O)c2ccc(C)cc2)ccc1N1CCCC1=O. The normalized spacial score (nSPS) is 13.9. The van der Waals surface area contributed by atoms with E-state index in [9.17, 15) is 9.59 Å². The van der Waals surface area contributed by atoms with Crippen molar-refractivity contribution in [2.24, 2.45) is 0 Å². The van der Waals surface area contributed by atoms with Crippen molar-refractivity contribution in [2.45, 2.75) is 19.8 Å². The van der Waals surface area contributed by atoms with Gasteiger partial charge in [0.2, 0.25) is 5.91 Å². The molecule has 1 heterocycles. The van der Waals surface area contributed by atoms with Crippen LogP contribution in [0.4, 0.5) is 11.4 Å². The van der Waals surface area contributed by atoms with Gasteiger partial charge in [-0.1, -0.05) is 17.7 Å². The molecule has 0 aromatic heterocycles. The third kappa shape index (κ3) is 3.25. The lowest BCUT2D eigenvalue weighted by Crippen LogP contribution is -2.24. The van der Waals surface area contributed by atoms with E-state index in [0.29, 0.717) is 30.0 Å². The first-order valence-corrected chi connectivity index (χ1v) is 7.95. The van der Waals surface area contributed by atoms with Gasteiger partial charge < -0.3 is 15.0 Å². The lowest BCUT2D eigenvalue weighted by molar-refractivity contribution is -0.117. The van der Waals surface area contributed by atoms with Crippen molar-refractivity contribution in [3.63, 3.8) is 0 Å². The average molecular weight is 324 g/mol. The fraction of sp³-hybridized carbons (Fsp3) is 0.263. The van der Waals surface area contributed by atoms with Crippen molar-refractivity contribution >= 4 is 23.2 Å². The molecular formula is C19H20N2O3. The van der Waals surface area contributed by atoms with E-state index in [2.05, 4.69) is 5.32 Å². The molecule has 1 N–H and O–H groups in total. The molecule has 2 aromatic carbocycles. The van der Waals surface area contributed by atoms with Crippen LogP contribution < -0.4 is 15.0 Å². The first-order chi connectivity index (χ1) is 11.6. The molecule has 0 radical (unpaired) electrons. The summed E-state index contributed by atoms with van der Waals surface area (Å²) in [7, 11) is 1.56. The van der Waals surface area contributed by atoms with Crippen LogP contribution in [0, 0.1) is 6.92 Å². The van der Waals surface area contributed by atoms with E-state index < -0.39 is 0 Å². The number of ether oxygens (including phenoxy) is 1. The zero-order valence-corrected chi connectivity index (χ0v) is 13.8. The third-order valence-electron chi connectivity index (χ3n) is 4.12. The van der Waals surface area contributed by atoms with Gasteiger partial charge >= 0.3 is 0 Å². The highest BCUT2D eigenvalue weighted by atomic mass is 16.5. The first kappa shape index (κ1) is 16.1. The van der Waals surface area contributed by atoms with Crippen LogP contribution in [-0.2, 0) is 4.79 Å². The molecule has 124 valence electrons. The van der Waals surface area contributed by atoms with E-state index >= 15 is 0 Å². The molecule has 1 aliphatic heterocycles. The maximum absolute atomic E-state index is 12.3. The number of amides is 2. The number of nitrogens with one attached hydrogen (secondary N) is 1. The van der Waals surface area contributed by atoms with Crippen LogP contribution in [-0.4, -0.2) is 25.5 Å². The average Bonchev–Trinajstić information content (AvgIpc) is 3.01. The van der Waals surface area contributed by atoms with Gasteiger partial charge in [-0.2, -0.15) is 0 Å². The number of hydrogen-bond donors (Lipinski definition) is 1. The van der Waals surface area contributed by atoms with Gasteiger partial charge in [-0.3, -0.25) is 9.59 Å². The molecule has 1 aliphatic rings. The van der Waals surface area contributed by atoms with Crippen molar-refractivity contribution in [2.75, 3.05) is 23.9 Å². The van der Waals surface area contributed by atoms with E-state index in [-0.39, 0.29) is 11.8 Å². The van der Waals surface area contributed by atoms with Crippen LogP contribution >= 0.6 is 0 Å². The van der Waals surface area contributed by atoms with Gasteiger partial charge in [0.25, 0.3) is 5.91 Å². The van der Waals surface area contributed by atoms with E-state index in [1.165, 1.54) is 0 Å². The number of benzene rings is 2. The van der Waals surface area contributed by atoms with Crippen molar-refractivity contribution in [3.8, 4) is 5.75 Å². The summed E-state index contributed by atoms with van der Waals surface area (Å²) >= 11 is 0. The lowest BCUT2D eigenvalue weighted by atomic mass is 10.1. The number of aryl methyl sites for hydroxylation is 1. The molecule has 2 amide bonds. The van der Waals surface area contributed by atoms with E-state index in [1.807, 2.05) is 25.1 Å². The molecule has 24 heavy (non-hydrogen) atoms. The van der Waals surface area contributed by atoms with Crippen LogP contribution in [0.1, 0.15) is 28.8 Å². The number of nitrogens with zero attached hydrogens (tertiary/aromatic N) is 1. The number of hydrogen-bond acceptors (Lipinski definition) is 3. The van der Waals surface area contributed by atoms with Gasteiger partial charge in [0, 0.05) is 30.3 Å². The molecule has 2 aromatic rings. The lowest BCUT2D eigenvalue weighted by Gasteiger charge is -2.19. The molecule has 0 saturated carbocycles. The Kier molecular flexibility index (Phi) is 4.51. The summed E-state index contributed by atoms with van der Waals surface area (Å²) in [5.74, 6) is 0.499. The minimum atomic E-state index is -0.179. The van der Waals surface area contributed by atoms with E-state index in [1.54, 1.807) is 36.3 Å². The Morgan fingerprint density at radius 3 is 2.54 bits per heavy atom. The summed E-state index contributed by atoms with van der Waals surface area (Å²) < 4.78 is 5.40. The Morgan fingerprint density at radius 2 is 1.92 bits per heavy atom. The minimum absolute atomic E-state index is 0.102. The molecule has 0 aliphatic carbocycles. The molecule has 1 fully saturated rings. The highest BCUT2D eigenvalue weighted by Crippen LogP contribution is 2.33. The maximum Gasteiger partial charge on any atom is 0.255 e. The number of carbonyl (C=O) groups excluding carboxylic acids is 2. The van der Waals surface area contributed by atoms with Crippen LogP contribution in [0.3, 0.4) is 0 Å². The van der Waals surface area contributed by atoms with E-state index in [4.69, 9.17) is 4.74 Å². The molecule has 3 rings (SSSR count). The second-order valence-electron chi connectivity index (χ2n) is 5.86. The zero-order valence-electron chi connectivity index (χ0n) is 13.8. The quantitative estimate of drug-likeness (QED) is 0.938. The smallest absolute Gasteiger partial charge is 0.255 e. The Labute approximate surface area is 141 Å². The van der Waals surface area contributed by atoms with Gasteiger partial charge in [0.1, 0.15) is 5.75 Å². The molecule has 0 atom stereocenters. The molecule has 5 heteroatoms. The number of anilines is 2. The summed E-state index contributed by atoms with van der Waals surface area (Å²) in [4.78, 5) is 25.9. The fourth-order valence-corrected chi connectivity index (χ4v) is 2.79. The Bertz CT molecular complexity index is 769. The summed E-state index contributed by atoms with van der Waals surface area (Å²) in [6, 6.07) is 12.7. The third-order valence-corrected chi connectivity index (χ3v) is 4.12. The molecule has 1 saturated heterocycles. The second-order valence-corrected chi connectivity index (χ2v) is 5.86. The summed E-state index contributed by atoms with van der Waals surface area (Å²) in [6.45, 7) is 2.68. The van der Waals surface area contributed by atoms with E-state index in [0.717, 1.165) is 17.7 Å². The fourth-order valence-electron chi connectivity index (χ4n) is 2.79. The predicted molar refractivity (Wildman–Crippen MR) is 93.7 cm³/mol. The van der Waals surface area contributed by atoms with Gasteiger partial charge in [-0.25, -0.2) is 0 Å². The Hall–Kier alpha value is -2.82. The maximum atomic E-state index is 12.3. The van der Waals surface area contributed by atoms with Crippen LogP contribution in [0.25, 0.3) is 0 Å². The monoisotopic (exact) mass is 324 g/mol. The molecule has 0 spiro atoms. The van der Waals surface area contributed by atoms with Gasteiger partial charge in [-0.05, 0) is 37.6 Å². The standard InChI is InChI=1S/C19H20N2O3/c1-13-5-7-14(8-6-13)19(23)20-15-9-10-16(17(12-15)24-2)21-11-3-4-18(21)22/h5-10,12H,3-4,11H2,1-2H3,(H,20,23). The van der Waals surface area contributed by atoms with Crippen molar-refractivity contribution in [3.05, 3.63) is 53.6 Å². The number of rotatable bonds is 4. The highest BCUT2D eigenvalue weighted by molar-refractivity contribution is 6.05. The van der Waals surface area contributed by atoms with Crippen LogP contribution in [0.2, 0.25) is 0 Å². The summed E-state index contributed by atoms with van der Waals surface area (Å²) in [6.07, 6.45) is 1.42. The Balaban J connectivity index is 1.80. The van der Waals surface area contributed by atoms with Crippen molar-refractivity contribution < 1.29 is 14.3 Å². The zero-order chi connectivity index (χ0) is 17.1. The van der Waals surface area contributed by atoms with Gasteiger partial charge in [-0.15, -0.1) is 0 Å². The van der Waals surface area contributed by atoms with Gasteiger partial charge in [0.15, 0.2) is 0 Å². The topological polar surface area (TPSA) is 58.6 Å². The molecular weight excluding hydrogens is 304 g/mol. The number of methoxy groups -OCH3 is 1. The van der Waals surface area contributed by atoms with Crippen LogP contribution in [0.15, 0.2) is 42.5 Å². The highest BCUT2D eigenvalue weighted by Gasteiger charge is 2.24. The van der Waals surface area contributed by atoms with Crippen molar-refractivity contribution in [1.29, 1.82) is 0 Å². The summed E-state index contributed by atoms with van der Waals surface area (Å²) in [5.41, 5.74) is 3.08. The minimum Gasteiger partial charge on any atom is -0.494 e. The predicted octanol–water partition coefficient (Wildman–Crippen LogP) is 3.38. The van der Waals surface area contributed by atoms with Crippen molar-refractivity contribution in [1.82, 2.24) is 0 Å². The molecule has 5 nitrogen and oxygen atoms in total. The molecule has 0 bridgehead atoms. The second kappa shape index (κ2) is 6.74.